The van der Waals surface area contributed by atoms with Gasteiger partial charge in [-0.2, -0.15) is 0 Å². The maximum Gasteiger partial charge on any atom is 0.220 e. The summed E-state index contributed by atoms with van der Waals surface area (Å²) in [6.07, 6.45) is 3.90. The number of rotatable bonds is 7. The van der Waals surface area contributed by atoms with Crippen LogP contribution in [0, 0.1) is 12.8 Å². The summed E-state index contributed by atoms with van der Waals surface area (Å²) in [6, 6.07) is -0.143. The van der Waals surface area contributed by atoms with Crippen molar-refractivity contribution in [2.24, 2.45) is 5.92 Å². The first-order chi connectivity index (χ1) is 9.99. The molecule has 0 saturated heterocycles. The maximum atomic E-state index is 12.0. The summed E-state index contributed by atoms with van der Waals surface area (Å²) in [6.45, 7) is 6.12. The van der Waals surface area contributed by atoms with E-state index in [-0.39, 0.29) is 18.6 Å². The highest BCUT2D eigenvalue weighted by molar-refractivity contribution is 7.15. The lowest BCUT2D eigenvalue weighted by molar-refractivity contribution is -0.122. The fourth-order valence-corrected chi connectivity index (χ4v) is 3.36. The number of amides is 1. The molecular formula is C15H23N3O2S. The van der Waals surface area contributed by atoms with Gasteiger partial charge in [-0.25, -0.2) is 4.98 Å². The van der Waals surface area contributed by atoms with Gasteiger partial charge in [0, 0.05) is 23.7 Å². The molecule has 2 heterocycles. The van der Waals surface area contributed by atoms with E-state index in [1.807, 2.05) is 22.9 Å². The SMILES string of the molecule is Cc1cn2c(CCC(=O)NC(CO)CC(C)C)csc2n1. The third-order valence-electron chi connectivity index (χ3n) is 3.35. The highest BCUT2D eigenvalue weighted by Crippen LogP contribution is 2.17. The van der Waals surface area contributed by atoms with Crippen LogP contribution in [0.15, 0.2) is 11.6 Å². The van der Waals surface area contributed by atoms with Crippen molar-refractivity contribution in [1.82, 2.24) is 14.7 Å². The van der Waals surface area contributed by atoms with Gasteiger partial charge in [0.25, 0.3) is 0 Å². The average molecular weight is 309 g/mol. The minimum Gasteiger partial charge on any atom is -0.394 e. The largest absolute Gasteiger partial charge is 0.394 e. The topological polar surface area (TPSA) is 66.6 Å². The number of nitrogens with zero attached hydrogens (tertiary/aromatic N) is 2. The number of aromatic nitrogens is 2. The molecular weight excluding hydrogens is 286 g/mol. The fourth-order valence-electron chi connectivity index (χ4n) is 2.41. The number of aliphatic hydroxyl groups is 1. The van der Waals surface area contributed by atoms with E-state index in [1.54, 1.807) is 11.3 Å². The van der Waals surface area contributed by atoms with Crippen LogP contribution >= 0.6 is 11.3 Å². The van der Waals surface area contributed by atoms with Gasteiger partial charge in [-0.3, -0.25) is 9.20 Å². The number of aliphatic hydroxyl groups excluding tert-OH is 1. The fraction of sp³-hybridized carbons (Fsp3) is 0.600. The standard InChI is InChI=1S/C15H23N3O2S/c1-10(2)6-12(8-19)17-14(20)5-4-13-9-21-15-16-11(3)7-18(13)15/h7,9-10,12,19H,4-6,8H2,1-3H3,(H,17,20). The van der Waals surface area contributed by atoms with E-state index in [2.05, 4.69) is 24.1 Å². The summed E-state index contributed by atoms with van der Waals surface area (Å²) < 4.78 is 2.05. The summed E-state index contributed by atoms with van der Waals surface area (Å²) in [5.74, 6) is 0.443. The molecule has 0 fully saturated rings. The Morgan fingerprint density at radius 1 is 1.52 bits per heavy atom. The number of imidazole rings is 1. The van der Waals surface area contributed by atoms with Crippen LogP contribution in [0.3, 0.4) is 0 Å². The summed E-state index contributed by atoms with van der Waals surface area (Å²) in [5, 5.41) is 14.2. The van der Waals surface area contributed by atoms with Crippen LogP contribution in [0.2, 0.25) is 0 Å². The van der Waals surface area contributed by atoms with Gasteiger partial charge in [0.2, 0.25) is 5.91 Å². The molecule has 21 heavy (non-hydrogen) atoms. The monoisotopic (exact) mass is 309 g/mol. The number of aryl methyl sites for hydroxylation is 2. The van der Waals surface area contributed by atoms with Crippen LogP contribution in [-0.4, -0.2) is 33.0 Å². The van der Waals surface area contributed by atoms with Crippen molar-refractivity contribution < 1.29 is 9.90 Å². The lowest BCUT2D eigenvalue weighted by Crippen LogP contribution is -2.38. The zero-order valence-electron chi connectivity index (χ0n) is 12.8. The molecule has 0 radical (unpaired) electrons. The molecule has 0 spiro atoms. The number of fused-ring (bicyclic) bond motifs is 1. The van der Waals surface area contributed by atoms with E-state index < -0.39 is 0 Å². The first-order valence-corrected chi connectivity index (χ1v) is 8.20. The molecule has 1 unspecified atom stereocenters. The molecule has 1 atom stereocenters. The van der Waals surface area contributed by atoms with E-state index >= 15 is 0 Å². The number of hydrogen-bond acceptors (Lipinski definition) is 4. The molecule has 0 aromatic carbocycles. The van der Waals surface area contributed by atoms with Crippen molar-refractivity contribution in [2.75, 3.05) is 6.61 Å². The van der Waals surface area contributed by atoms with Gasteiger partial charge in [0.1, 0.15) is 0 Å². The van der Waals surface area contributed by atoms with Gasteiger partial charge in [0.05, 0.1) is 18.3 Å². The lowest BCUT2D eigenvalue weighted by Gasteiger charge is -2.18. The third kappa shape index (κ3) is 4.28. The Morgan fingerprint density at radius 3 is 2.95 bits per heavy atom. The average Bonchev–Trinajstić information content (AvgIpc) is 2.94. The molecule has 2 rings (SSSR count). The zero-order chi connectivity index (χ0) is 15.4. The first kappa shape index (κ1) is 16.0. The molecule has 2 aromatic heterocycles. The highest BCUT2D eigenvalue weighted by atomic mass is 32.1. The van der Waals surface area contributed by atoms with Gasteiger partial charge < -0.3 is 10.4 Å². The van der Waals surface area contributed by atoms with Crippen LogP contribution in [0.5, 0.6) is 0 Å². The predicted octanol–water partition coefficient (Wildman–Crippen LogP) is 2.16. The van der Waals surface area contributed by atoms with Crippen molar-refractivity contribution in [2.45, 2.75) is 46.1 Å². The molecule has 0 aliphatic heterocycles. The Labute approximate surface area is 129 Å². The Kier molecular flexibility index (Phi) is 5.36. The summed E-state index contributed by atoms with van der Waals surface area (Å²) in [4.78, 5) is 17.4. The van der Waals surface area contributed by atoms with Gasteiger partial charge in [-0.05, 0) is 25.7 Å². The second-order valence-electron chi connectivity index (χ2n) is 5.84. The third-order valence-corrected chi connectivity index (χ3v) is 4.24. The van der Waals surface area contributed by atoms with Crippen molar-refractivity contribution in [1.29, 1.82) is 0 Å². The highest BCUT2D eigenvalue weighted by Gasteiger charge is 2.14. The Morgan fingerprint density at radius 2 is 2.29 bits per heavy atom. The molecule has 2 aromatic rings. The van der Waals surface area contributed by atoms with Crippen LogP contribution in [0.1, 0.15) is 38.1 Å². The molecule has 6 heteroatoms. The quantitative estimate of drug-likeness (QED) is 0.823. The van der Waals surface area contributed by atoms with Gasteiger partial charge >= 0.3 is 0 Å². The smallest absolute Gasteiger partial charge is 0.220 e. The molecule has 0 aliphatic rings. The van der Waals surface area contributed by atoms with Gasteiger partial charge in [-0.15, -0.1) is 11.3 Å². The number of nitrogens with one attached hydrogen (secondary N) is 1. The number of hydrogen-bond donors (Lipinski definition) is 2. The van der Waals surface area contributed by atoms with E-state index in [1.165, 1.54) is 0 Å². The van der Waals surface area contributed by atoms with Crippen molar-refractivity contribution in [3.8, 4) is 0 Å². The molecule has 2 N–H and O–H groups in total. The second-order valence-corrected chi connectivity index (χ2v) is 6.68. The van der Waals surface area contributed by atoms with Crippen molar-refractivity contribution >= 4 is 22.2 Å². The molecule has 1 amide bonds. The number of thiazole rings is 1. The van der Waals surface area contributed by atoms with E-state index in [4.69, 9.17) is 0 Å². The molecule has 116 valence electrons. The van der Waals surface area contributed by atoms with E-state index in [9.17, 15) is 9.90 Å². The van der Waals surface area contributed by atoms with Crippen LogP contribution < -0.4 is 5.32 Å². The van der Waals surface area contributed by atoms with Crippen LogP contribution in [0.25, 0.3) is 4.96 Å². The number of carbonyl (C=O) groups excluding carboxylic acids is 1. The summed E-state index contributed by atoms with van der Waals surface area (Å²) >= 11 is 1.59. The predicted molar refractivity (Wildman–Crippen MR) is 84.6 cm³/mol. The molecule has 0 bridgehead atoms. The van der Waals surface area contributed by atoms with E-state index in [0.29, 0.717) is 18.8 Å². The minimum atomic E-state index is -0.143. The Bertz CT molecular complexity index is 603. The van der Waals surface area contributed by atoms with Crippen LogP contribution in [-0.2, 0) is 11.2 Å². The summed E-state index contributed by atoms with van der Waals surface area (Å²) in [7, 11) is 0. The summed E-state index contributed by atoms with van der Waals surface area (Å²) in [5.41, 5.74) is 2.10. The first-order valence-electron chi connectivity index (χ1n) is 7.32. The Balaban J connectivity index is 1.88. The second kappa shape index (κ2) is 7.04. The van der Waals surface area contributed by atoms with Gasteiger partial charge in [-0.1, -0.05) is 13.8 Å². The minimum absolute atomic E-state index is 0.00662. The Hall–Kier alpha value is -1.40. The van der Waals surface area contributed by atoms with Gasteiger partial charge in [0.15, 0.2) is 4.96 Å². The van der Waals surface area contributed by atoms with Crippen molar-refractivity contribution in [3.05, 3.63) is 23.0 Å². The molecule has 0 saturated carbocycles. The van der Waals surface area contributed by atoms with Crippen LogP contribution in [0.4, 0.5) is 0 Å². The molecule has 5 nitrogen and oxygen atoms in total. The zero-order valence-corrected chi connectivity index (χ0v) is 13.6. The number of carbonyl (C=O) groups is 1. The normalized spacial score (nSPS) is 13.0. The molecule has 0 aliphatic carbocycles. The van der Waals surface area contributed by atoms with E-state index in [0.717, 1.165) is 22.8 Å². The lowest BCUT2D eigenvalue weighted by atomic mass is 10.0. The van der Waals surface area contributed by atoms with Crippen molar-refractivity contribution in [3.63, 3.8) is 0 Å². The maximum absolute atomic E-state index is 12.0.